The molecule has 15 aliphatic carbocycles. The average molecular weight is 1350 g/mol. The van der Waals surface area contributed by atoms with E-state index in [2.05, 4.69) is 141 Å². The van der Waals surface area contributed by atoms with Crippen molar-refractivity contribution in [3.05, 3.63) is 169 Å². The summed E-state index contributed by atoms with van der Waals surface area (Å²) < 4.78 is 0. The molecular weight excluding hydrogens is 1230 g/mol. The lowest BCUT2D eigenvalue weighted by atomic mass is 9.55. The second-order valence-corrected chi connectivity index (χ2v) is 38.5. The van der Waals surface area contributed by atoms with Gasteiger partial charge < -0.3 is 30.6 Å². The van der Waals surface area contributed by atoms with Crippen molar-refractivity contribution in [2.75, 3.05) is 0 Å². The quantitative estimate of drug-likeness (QED) is 0.0919. The van der Waals surface area contributed by atoms with Crippen LogP contribution in [0.15, 0.2) is 91.0 Å². The maximum atomic E-state index is 10.4. The van der Waals surface area contributed by atoms with Crippen molar-refractivity contribution in [1.29, 1.82) is 0 Å². The van der Waals surface area contributed by atoms with Crippen LogP contribution in [0.2, 0.25) is 0 Å². The predicted octanol–water partition coefficient (Wildman–Crippen LogP) is 20.5. The van der Waals surface area contributed by atoms with Crippen LogP contribution in [0.3, 0.4) is 0 Å². The number of aromatic hydroxyl groups is 1. The van der Waals surface area contributed by atoms with Crippen molar-refractivity contribution < 1.29 is 30.6 Å². The highest BCUT2D eigenvalue weighted by Gasteiger charge is 2.59. The standard InChI is InChI=1S/4C19H26O.C18H24O2/c4*1-12-3-5-14-13(11-12)4-6-16-15(14)9-10-19(2)17(16)7-8-18(19)20;1-18-9-8-14-13-5-3-12(19)10-11(13)2-4-15(14)16(18)6-7-17(18)20/h4*3,5,11,15-18,20H,4,6-10H2,1-2H3;3,5,10,14-17,19-20H,2,4,6-9H2,1H3/t4*15-,16-,17+,18+,19+;14-,15-,16+,17+,18+/m11111/s1. The average Bonchev–Trinajstić information content (AvgIpc) is 1.42. The van der Waals surface area contributed by atoms with Gasteiger partial charge in [0, 0.05) is 0 Å². The first-order valence-corrected chi connectivity index (χ1v) is 41.6. The summed E-state index contributed by atoms with van der Waals surface area (Å²) in [6.45, 7) is 20.6. The zero-order chi connectivity index (χ0) is 69.5. The molecule has 0 radical (unpaired) electrons. The molecule has 6 N–H and O–H groups in total. The molecule has 0 spiro atoms. The number of fused-ring (bicyclic) bond motifs is 25. The molecule has 10 fully saturated rings. The molecule has 6 heteroatoms. The lowest BCUT2D eigenvalue weighted by Crippen LogP contribution is -2.43. The molecule has 0 bridgehead atoms. The Labute approximate surface area is 603 Å². The van der Waals surface area contributed by atoms with Gasteiger partial charge in [0.25, 0.3) is 0 Å². The van der Waals surface area contributed by atoms with Crippen LogP contribution >= 0.6 is 0 Å². The van der Waals surface area contributed by atoms with Gasteiger partial charge in [-0.15, -0.1) is 0 Å². The molecule has 20 rings (SSSR count). The zero-order valence-corrected chi connectivity index (χ0v) is 63.1. The number of benzene rings is 5. The molecule has 5 aromatic rings. The Morgan fingerprint density at radius 1 is 0.250 bits per heavy atom. The van der Waals surface area contributed by atoms with E-state index >= 15 is 0 Å². The summed E-state index contributed by atoms with van der Waals surface area (Å²) in [6, 6.07) is 34.3. The van der Waals surface area contributed by atoms with E-state index in [0.717, 1.165) is 122 Å². The van der Waals surface area contributed by atoms with E-state index in [1.54, 1.807) is 44.5 Å². The van der Waals surface area contributed by atoms with Crippen LogP contribution in [0.25, 0.3) is 0 Å². The normalized spacial score (nSPS) is 42.7. The number of rotatable bonds is 0. The van der Waals surface area contributed by atoms with E-state index in [4.69, 9.17) is 0 Å². The topological polar surface area (TPSA) is 121 Å². The van der Waals surface area contributed by atoms with E-state index in [0.29, 0.717) is 17.6 Å². The SMILES string of the molecule is C[C@]12CC[C@@H]3c4ccc(O)cc4CC[C@H]3[C@@H]1CC[C@@H]2O.Cc1ccc2c(c1)CC[C@@H]1[C@@H]2CC[C@]2(C)[C@@H](O)CC[C@@H]12.Cc1ccc2c(c1)CC[C@@H]1[C@@H]2CC[C@]2(C)[C@@H](O)CC[C@@H]12.Cc1ccc2c(c1)CC[C@@H]1[C@@H]2CC[C@]2(C)[C@@H](O)CC[C@@H]12.Cc1ccc2c(c1)CC[C@@H]1[C@@H]2CC[C@]2(C)[C@@H](O)CC[C@@H]12. The van der Waals surface area contributed by atoms with Crippen LogP contribution in [0, 0.1) is 114 Å². The van der Waals surface area contributed by atoms with Crippen molar-refractivity contribution in [1.82, 2.24) is 0 Å². The third-order valence-corrected chi connectivity index (χ3v) is 34.0. The predicted molar refractivity (Wildman–Crippen MR) is 406 cm³/mol. The molecule has 6 nitrogen and oxygen atoms in total. The second kappa shape index (κ2) is 26.9. The Hall–Kier alpha value is -4.30. The third-order valence-electron chi connectivity index (χ3n) is 34.0. The van der Waals surface area contributed by atoms with E-state index in [-0.39, 0.29) is 57.6 Å². The number of hydrogen-bond donors (Lipinski definition) is 6. The summed E-state index contributed by atoms with van der Waals surface area (Å²) in [4.78, 5) is 0. The minimum Gasteiger partial charge on any atom is -0.508 e. The number of phenols is 1. The maximum absolute atomic E-state index is 10.4. The smallest absolute Gasteiger partial charge is 0.115 e. The van der Waals surface area contributed by atoms with Crippen LogP contribution in [0.5, 0.6) is 5.75 Å². The van der Waals surface area contributed by atoms with Gasteiger partial charge in [-0.2, -0.15) is 0 Å². The largest absolute Gasteiger partial charge is 0.508 e. The lowest BCUT2D eigenvalue weighted by Gasteiger charge is -2.50. The van der Waals surface area contributed by atoms with Crippen LogP contribution in [-0.4, -0.2) is 61.2 Å². The summed E-state index contributed by atoms with van der Waals surface area (Å²) in [5.41, 5.74) is 22.4. The zero-order valence-electron chi connectivity index (χ0n) is 63.1. The molecule has 0 heterocycles. The monoisotopic (exact) mass is 1350 g/mol. The van der Waals surface area contributed by atoms with Gasteiger partial charge in [0.2, 0.25) is 0 Å². The molecule has 25 atom stereocenters. The Kier molecular flexibility index (Phi) is 18.9. The summed E-state index contributed by atoms with van der Waals surface area (Å²) in [7, 11) is 0. The van der Waals surface area contributed by atoms with E-state index in [9.17, 15) is 30.6 Å². The number of aliphatic hydroxyl groups excluding tert-OH is 5. The summed E-state index contributed by atoms with van der Waals surface area (Å²) >= 11 is 0. The highest BCUT2D eigenvalue weighted by Crippen LogP contribution is 2.66. The number of aryl methyl sites for hydroxylation is 9. The maximum Gasteiger partial charge on any atom is 0.115 e. The Morgan fingerprint density at radius 2 is 0.450 bits per heavy atom. The first-order chi connectivity index (χ1) is 48.0. The van der Waals surface area contributed by atoms with Crippen LogP contribution in [0.4, 0.5) is 0 Å². The van der Waals surface area contributed by atoms with Gasteiger partial charge in [0.15, 0.2) is 0 Å². The molecule has 0 aliphatic heterocycles. The summed E-state index contributed by atoms with van der Waals surface area (Å²) in [6.07, 6.45) is 36.1. The number of aliphatic hydroxyl groups is 5. The van der Waals surface area contributed by atoms with Crippen molar-refractivity contribution in [3.63, 3.8) is 0 Å². The van der Waals surface area contributed by atoms with Gasteiger partial charge in [0.05, 0.1) is 30.5 Å². The van der Waals surface area contributed by atoms with Crippen molar-refractivity contribution >= 4 is 0 Å². The van der Waals surface area contributed by atoms with Gasteiger partial charge in [-0.3, -0.25) is 0 Å². The molecule has 100 heavy (non-hydrogen) atoms. The molecule has 0 saturated heterocycles. The molecule has 10 saturated carbocycles. The van der Waals surface area contributed by atoms with Crippen LogP contribution in [0.1, 0.15) is 303 Å². The third kappa shape index (κ3) is 11.8. The van der Waals surface area contributed by atoms with Crippen LogP contribution in [-0.2, 0) is 32.1 Å². The second-order valence-electron chi connectivity index (χ2n) is 38.5. The summed E-state index contributed by atoms with van der Waals surface area (Å²) in [5, 5.41) is 61.7. The Morgan fingerprint density at radius 3 is 0.670 bits per heavy atom. The van der Waals surface area contributed by atoms with Gasteiger partial charge in [-0.05, 0) is 404 Å². The van der Waals surface area contributed by atoms with Crippen LogP contribution < -0.4 is 0 Å². The van der Waals surface area contributed by atoms with Gasteiger partial charge in [-0.1, -0.05) is 136 Å². The fourth-order valence-corrected chi connectivity index (χ4v) is 28.3. The molecule has 0 unspecified atom stereocenters. The van der Waals surface area contributed by atoms with Gasteiger partial charge in [0.1, 0.15) is 5.75 Å². The minimum absolute atomic E-state index is 0.0483. The van der Waals surface area contributed by atoms with E-state index in [1.165, 1.54) is 181 Å². The van der Waals surface area contributed by atoms with Gasteiger partial charge >= 0.3 is 0 Å². The van der Waals surface area contributed by atoms with E-state index in [1.807, 2.05) is 12.1 Å². The molecule has 5 aromatic carbocycles. The first kappa shape index (κ1) is 70.0. The van der Waals surface area contributed by atoms with Gasteiger partial charge in [-0.25, -0.2) is 0 Å². The highest BCUT2D eigenvalue weighted by atomic mass is 16.3. The lowest BCUT2D eigenvalue weighted by molar-refractivity contribution is -0.0226. The molecular formula is C94H128O6. The van der Waals surface area contributed by atoms with E-state index < -0.39 is 0 Å². The number of hydrogen-bond acceptors (Lipinski definition) is 6. The molecule has 0 aromatic heterocycles. The summed E-state index contributed by atoms with van der Waals surface area (Å²) in [5.74, 6) is 11.9. The Balaban J connectivity index is 0.0000000972. The minimum atomic E-state index is -0.0883. The fourth-order valence-electron chi connectivity index (χ4n) is 28.3. The first-order valence-electron chi connectivity index (χ1n) is 41.6. The van der Waals surface area contributed by atoms with Crippen molar-refractivity contribution in [2.45, 2.75) is 315 Å². The fraction of sp³-hybridized carbons (Fsp3) is 0.681. The van der Waals surface area contributed by atoms with Crippen molar-refractivity contribution in [3.8, 4) is 5.75 Å². The molecule has 540 valence electrons. The Bertz CT molecular complexity index is 3240. The highest BCUT2D eigenvalue weighted by molar-refractivity contribution is 5.43. The number of phenolic OH excluding ortho intramolecular Hbond substituents is 1. The van der Waals surface area contributed by atoms with Crippen molar-refractivity contribution in [2.24, 2.45) is 86.3 Å². The molecule has 0 amide bonds. The molecule has 15 aliphatic rings.